The maximum Gasteiger partial charge on any atom is 0.239 e. The first-order valence-corrected chi connectivity index (χ1v) is 5.26. The molecular formula is C8H12N6S. The quantitative estimate of drug-likeness (QED) is 0.781. The third kappa shape index (κ3) is 1.96. The van der Waals surface area contributed by atoms with E-state index in [1.54, 1.807) is 0 Å². The van der Waals surface area contributed by atoms with Gasteiger partial charge in [0.15, 0.2) is 0 Å². The van der Waals surface area contributed by atoms with Crippen LogP contribution in [-0.4, -0.2) is 24.1 Å². The van der Waals surface area contributed by atoms with E-state index in [9.17, 15) is 0 Å². The summed E-state index contributed by atoms with van der Waals surface area (Å²) in [7, 11) is 0. The summed E-state index contributed by atoms with van der Waals surface area (Å²) in [6.07, 6.45) is 1.53. The van der Waals surface area contributed by atoms with Gasteiger partial charge < -0.3 is 5.73 Å². The highest BCUT2D eigenvalue weighted by Crippen LogP contribution is 2.21. The summed E-state index contributed by atoms with van der Waals surface area (Å²) >= 11 is 1.29. The Kier molecular flexibility index (Phi) is 2.18. The van der Waals surface area contributed by atoms with E-state index in [2.05, 4.69) is 40.2 Å². The van der Waals surface area contributed by atoms with Gasteiger partial charge >= 0.3 is 0 Å². The maximum atomic E-state index is 5.42. The lowest BCUT2D eigenvalue weighted by atomic mass is 9.96. The molecule has 2 aromatic rings. The molecule has 0 saturated heterocycles. The van der Waals surface area contributed by atoms with Gasteiger partial charge in [-0.05, 0) is 0 Å². The first-order valence-electron chi connectivity index (χ1n) is 4.48. The lowest BCUT2D eigenvalue weighted by Crippen LogP contribution is -2.13. The molecule has 2 aromatic heterocycles. The van der Waals surface area contributed by atoms with Crippen molar-refractivity contribution in [2.45, 2.75) is 26.2 Å². The minimum atomic E-state index is -0.0547. The number of nitrogen functional groups attached to an aromatic ring is 1. The molecule has 2 rings (SSSR count). The summed E-state index contributed by atoms with van der Waals surface area (Å²) in [5.74, 6) is 1.04. The number of aromatic nitrogens is 5. The van der Waals surface area contributed by atoms with Gasteiger partial charge in [0.05, 0.1) is 0 Å². The van der Waals surface area contributed by atoms with Crippen LogP contribution in [0.4, 0.5) is 5.95 Å². The van der Waals surface area contributed by atoms with Crippen molar-refractivity contribution in [3.63, 3.8) is 0 Å². The molecule has 0 aromatic carbocycles. The second kappa shape index (κ2) is 3.27. The maximum absolute atomic E-state index is 5.42. The number of nitrogens with zero attached hydrogens (tertiary/aromatic N) is 5. The van der Waals surface area contributed by atoms with Gasteiger partial charge in [0.2, 0.25) is 11.1 Å². The molecular weight excluding hydrogens is 212 g/mol. The Morgan fingerprint density at radius 3 is 2.60 bits per heavy atom. The van der Waals surface area contributed by atoms with Crippen LogP contribution in [0.3, 0.4) is 0 Å². The highest BCUT2D eigenvalue weighted by atomic mass is 32.1. The third-order valence-electron chi connectivity index (χ3n) is 1.79. The molecule has 6 nitrogen and oxygen atoms in total. The van der Waals surface area contributed by atoms with Gasteiger partial charge in [-0.2, -0.15) is 9.06 Å². The zero-order chi connectivity index (χ0) is 11.1. The van der Waals surface area contributed by atoms with Crippen molar-refractivity contribution in [1.82, 2.24) is 24.1 Å². The first-order chi connectivity index (χ1) is 6.97. The van der Waals surface area contributed by atoms with Crippen molar-refractivity contribution in [3.8, 4) is 5.13 Å². The van der Waals surface area contributed by atoms with Crippen LogP contribution < -0.4 is 5.73 Å². The monoisotopic (exact) mass is 224 g/mol. The van der Waals surface area contributed by atoms with E-state index in [0.29, 0.717) is 5.13 Å². The largest absolute Gasteiger partial charge is 0.366 e. The van der Waals surface area contributed by atoms with E-state index < -0.39 is 0 Å². The van der Waals surface area contributed by atoms with Crippen molar-refractivity contribution >= 4 is 17.5 Å². The van der Waals surface area contributed by atoms with Gasteiger partial charge in [-0.3, -0.25) is 0 Å². The van der Waals surface area contributed by atoms with Crippen molar-refractivity contribution in [2.75, 3.05) is 5.73 Å². The molecule has 0 amide bonds. The fourth-order valence-corrected chi connectivity index (χ4v) is 1.76. The summed E-state index contributed by atoms with van der Waals surface area (Å²) in [6, 6.07) is 0. The Bertz CT molecular complexity index is 465. The molecule has 0 bridgehead atoms. The predicted molar refractivity (Wildman–Crippen MR) is 57.9 cm³/mol. The van der Waals surface area contributed by atoms with Gasteiger partial charge in [0.1, 0.15) is 12.2 Å². The first kappa shape index (κ1) is 10.0. The zero-order valence-electron chi connectivity index (χ0n) is 8.80. The number of rotatable bonds is 1. The molecule has 0 spiro atoms. The normalized spacial score (nSPS) is 11.9. The van der Waals surface area contributed by atoms with Crippen LogP contribution >= 0.6 is 11.5 Å². The summed E-state index contributed by atoms with van der Waals surface area (Å²) in [4.78, 5) is 8.21. The number of nitrogens with two attached hydrogens (primary N) is 1. The lowest BCUT2D eigenvalue weighted by molar-refractivity contribution is 0.553. The van der Waals surface area contributed by atoms with E-state index >= 15 is 0 Å². The van der Waals surface area contributed by atoms with Gasteiger partial charge in [-0.15, -0.1) is 5.10 Å². The van der Waals surface area contributed by atoms with Crippen LogP contribution in [0.2, 0.25) is 0 Å². The van der Waals surface area contributed by atoms with Gasteiger partial charge in [0, 0.05) is 16.9 Å². The number of anilines is 1. The summed E-state index contributed by atoms with van der Waals surface area (Å²) < 4.78 is 5.80. The van der Waals surface area contributed by atoms with E-state index in [1.165, 1.54) is 22.5 Å². The highest BCUT2D eigenvalue weighted by Gasteiger charge is 2.20. The Labute approximate surface area is 91.3 Å². The van der Waals surface area contributed by atoms with Crippen LogP contribution in [-0.2, 0) is 5.41 Å². The van der Waals surface area contributed by atoms with Crippen molar-refractivity contribution in [1.29, 1.82) is 0 Å². The van der Waals surface area contributed by atoms with Crippen LogP contribution in [0.25, 0.3) is 5.13 Å². The Morgan fingerprint density at radius 1 is 1.40 bits per heavy atom. The Morgan fingerprint density at radius 2 is 2.13 bits per heavy atom. The van der Waals surface area contributed by atoms with Crippen LogP contribution in [0.5, 0.6) is 0 Å². The predicted octanol–water partition coefficient (Wildman–Crippen LogP) is 0.998. The van der Waals surface area contributed by atoms with Crippen LogP contribution in [0.15, 0.2) is 6.33 Å². The molecule has 2 N–H and O–H groups in total. The zero-order valence-corrected chi connectivity index (χ0v) is 9.62. The molecule has 0 radical (unpaired) electrons. The third-order valence-corrected chi connectivity index (χ3v) is 2.50. The van der Waals surface area contributed by atoms with Gasteiger partial charge in [0.25, 0.3) is 0 Å². The van der Waals surface area contributed by atoms with Crippen molar-refractivity contribution in [3.05, 3.63) is 12.2 Å². The molecule has 0 aliphatic heterocycles. The second-order valence-electron chi connectivity index (χ2n) is 4.20. The molecule has 7 heteroatoms. The number of hydrogen-bond donors (Lipinski definition) is 1. The Hall–Kier alpha value is -1.50. The topological polar surface area (TPSA) is 82.5 Å². The molecule has 80 valence electrons. The number of hydrogen-bond acceptors (Lipinski definition) is 6. The van der Waals surface area contributed by atoms with Gasteiger partial charge in [-0.1, -0.05) is 20.8 Å². The fraction of sp³-hybridized carbons (Fsp3) is 0.500. The minimum absolute atomic E-state index is 0.0547. The smallest absolute Gasteiger partial charge is 0.239 e. The lowest BCUT2D eigenvalue weighted by Gasteiger charge is -2.11. The fourth-order valence-electron chi connectivity index (χ4n) is 0.981. The van der Waals surface area contributed by atoms with Crippen LogP contribution in [0.1, 0.15) is 26.6 Å². The van der Waals surface area contributed by atoms with Crippen molar-refractivity contribution in [2.24, 2.45) is 0 Å². The standard InChI is InChI=1S/C8H12N6S/c1-8(2,3)5-11-7(15-13-5)14-4-10-6(9)12-14/h4H,1-3H3,(H2,9,12). The molecule has 0 saturated carbocycles. The van der Waals surface area contributed by atoms with E-state index in [-0.39, 0.29) is 11.4 Å². The molecule has 0 fully saturated rings. The summed E-state index contributed by atoms with van der Waals surface area (Å²) in [5.41, 5.74) is 5.37. The van der Waals surface area contributed by atoms with Crippen LogP contribution in [0, 0.1) is 0 Å². The van der Waals surface area contributed by atoms with Crippen molar-refractivity contribution < 1.29 is 0 Å². The second-order valence-corrected chi connectivity index (χ2v) is 4.93. The highest BCUT2D eigenvalue weighted by molar-refractivity contribution is 7.08. The average Bonchev–Trinajstić information content (AvgIpc) is 2.69. The molecule has 0 unspecified atom stereocenters. The molecule has 15 heavy (non-hydrogen) atoms. The Balaban J connectivity index is 2.36. The van der Waals surface area contributed by atoms with Gasteiger partial charge in [-0.25, -0.2) is 9.97 Å². The molecule has 0 atom stereocenters. The summed E-state index contributed by atoms with van der Waals surface area (Å²) in [5, 5.41) is 4.65. The SMILES string of the molecule is CC(C)(C)c1nsc(-n2cnc(N)n2)n1. The van der Waals surface area contributed by atoms with E-state index in [1.807, 2.05) is 0 Å². The molecule has 0 aliphatic rings. The summed E-state index contributed by atoms with van der Waals surface area (Å²) in [6.45, 7) is 6.19. The molecule has 0 aliphatic carbocycles. The minimum Gasteiger partial charge on any atom is -0.366 e. The van der Waals surface area contributed by atoms with E-state index in [0.717, 1.165) is 5.82 Å². The average molecular weight is 224 g/mol. The van der Waals surface area contributed by atoms with E-state index in [4.69, 9.17) is 5.73 Å². The molecule has 2 heterocycles.